The van der Waals surface area contributed by atoms with Crippen molar-refractivity contribution in [2.24, 2.45) is 18.0 Å². The highest BCUT2D eigenvalue weighted by Gasteiger charge is 2.31. The molecule has 0 aromatic carbocycles. The number of aryl methyl sites for hydroxylation is 1. The molecule has 1 aliphatic rings. The van der Waals surface area contributed by atoms with E-state index < -0.39 is 6.10 Å². The summed E-state index contributed by atoms with van der Waals surface area (Å²) in [7, 11) is 1.85. The molecule has 0 saturated heterocycles. The van der Waals surface area contributed by atoms with E-state index in [1.54, 1.807) is 0 Å². The quantitative estimate of drug-likeness (QED) is 0.765. The zero-order valence-electron chi connectivity index (χ0n) is 8.59. The highest BCUT2D eigenvalue weighted by atomic mass is 32.1. The van der Waals surface area contributed by atoms with Gasteiger partial charge < -0.3 is 9.67 Å². The van der Waals surface area contributed by atoms with Gasteiger partial charge >= 0.3 is 0 Å². The van der Waals surface area contributed by atoms with Gasteiger partial charge in [-0.3, -0.25) is 4.79 Å². The van der Waals surface area contributed by atoms with E-state index in [0.29, 0.717) is 4.80 Å². The van der Waals surface area contributed by atoms with Gasteiger partial charge in [0.05, 0.1) is 12.0 Å². The molecule has 4 nitrogen and oxygen atoms in total. The molecule has 0 aliphatic heterocycles. The molecular formula is C10H14N2O2S. The fraction of sp³-hybridized carbons (Fsp3) is 0.600. The molecule has 1 heterocycles. The standard InChI is InChI=1S/C10H14N2O2S/c1-12-5-6-15-10(12)11-9(14)7-3-2-4-8(7)13/h5-8,13H,2-4H2,1H3. The lowest BCUT2D eigenvalue weighted by atomic mass is 10.1. The van der Waals surface area contributed by atoms with Crippen molar-refractivity contribution >= 4 is 17.2 Å². The van der Waals surface area contributed by atoms with Gasteiger partial charge in [-0.2, -0.15) is 4.99 Å². The van der Waals surface area contributed by atoms with E-state index in [-0.39, 0.29) is 11.8 Å². The van der Waals surface area contributed by atoms with Crippen molar-refractivity contribution in [1.82, 2.24) is 4.57 Å². The molecule has 1 fully saturated rings. The van der Waals surface area contributed by atoms with Crippen LogP contribution in [-0.4, -0.2) is 21.7 Å². The maximum absolute atomic E-state index is 11.7. The largest absolute Gasteiger partial charge is 0.392 e. The summed E-state index contributed by atoms with van der Waals surface area (Å²) in [6, 6.07) is 0. The highest BCUT2D eigenvalue weighted by Crippen LogP contribution is 2.26. The summed E-state index contributed by atoms with van der Waals surface area (Å²) in [6.07, 6.45) is 3.78. The number of carbonyl (C=O) groups excluding carboxylic acids is 1. The van der Waals surface area contributed by atoms with Gasteiger partial charge in [-0.1, -0.05) is 0 Å². The van der Waals surface area contributed by atoms with Crippen molar-refractivity contribution in [1.29, 1.82) is 0 Å². The molecule has 0 spiro atoms. The third kappa shape index (κ3) is 2.18. The number of aliphatic hydroxyl groups is 1. The van der Waals surface area contributed by atoms with Gasteiger partial charge in [-0.05, 0) is 19.3 Å². The monoisotopic (exact) mass is 226 g/mol. The van der Waals surface area contributed by atoms with E-state index in [1.807, 2.05) is 23.2 Å². The first-order chi connectivity index (χ1) is 7.18. The van der Waals surface area contributed by atoms with Gasteiger partial charge in [0, 0.05) is 18.6 Å². The molecule has 1 amide bonds. The Morgan fingerprint density at radius 3 is 3.00 bits per heavy atom. The maximum atomic E-state index is 11.7. The molecule has 2 unspecified atom stereocenters. The number of carbonyl (C=O) groups is 1. The van der Waals surface area contributed by atoms with Crippen molar-refractivity contribution in [3.05, 3.63) is 16.4 Å². The van der Waals surface area contributed by atoms with Gasteiger partial charge in [0.1, 0.15) is 0 Å². The molecule has 1 N–H and O–H groups in total. The van der Waals surface area contributed by atoms with Crippen LogP contribution in [0.3, 0.4) is 0 Å². The number of aromatic nitrogens is 1. The molecule has 82 valence electrons. The lowest BCUT2D eigenvalue weighted by Crippen LogP contribution is -2.24. The van der Waals surface area contributed by atoms with Crippen LogP contribution in [0.15, 0.2) is 16.6 Å². The maximum Gasteiger partial charge on any atom is 0.254 e. The predicted octanol–water partition coefficient (Wildman–Crippen LogP) is 0.675. The normalized spacial score (nSPS) is 27.2. The molecule has 0 bridgehead atoms. The average Bonchev–Trinajstić information content (AvgIpc) is 2.76. The SMILES string of the molecule is Cn1ccsc1=NC(=O)C1CCCC1O. The van der Waals surface area contributed by atoms with Gasteiger partial charge in [0.15, 0.2) is 4.80 Å². The first-order valence-corrected chi connectivity index (χ1v) is 5.93. The summed E-state index contributed by atoms with van der Waals surface area (Å²) < 4.78 is 1.81. The van der Waals surface area contributed by atoms with Crippen LogP contribution in [0.2, 0.25) is 0 Å². The van der Waals surface area contributed by atoms with Crippen molar-refractivity contribution in [3.8, 4) is 0 Å². The van der Waals surface area contributed by atoms with Gasteiger partial charge in [-0.15, -0.1) is 11.3 Å². The fourth-order valence-electron chi connectivity index (χ4n) is 1.84. The Bertz CT molecular complexity index is 421. The van der Waals surface area contributed by atoms with Crippen LogP contribution in [0.5, 0.6) is 0 Å². The Hall–Kier alpha value is -0.940. The first-order valence-electron chi connectivity index (χ1n) is 5.05. The molecule has 1 aromatic heterocycles. The van der Waals surface area contributed by atoms with E-state index in [2.05, 4.69) is 4.99 Å². The molecule has 1 aromatic rings. The summed E-state index contributed by atoms with van der Waals surface area (Å²) in [5.74, 6) is -0.467. The summed E-state index contributed by atoms with van der Waals surface area (Å²) in [4.78, 5) is 16.5. The second kappa shape index (κ2) is 4.28. The highest BCUT2D eigenvalue weighted by molar-refractivity contribution is 7.07. The van der Waals surface area contributed by atoms with Crippen molar-refractivity contribution in [2.45, 2.75) is 25.4 Å². The molecule has 2 rings (SSSR count). The Kier molecular flexibility index (Phi) is 3.02. The third-order valence-corrected chi connectivity index (χ3v) is 3.61. The third-order valence-electron chi connectivity index (χ3n) is 2.76. The Labute approximate surface area is 91.9 Å². The number of hydrogen-bond acceptors (Lipinski definition) is 3. The van der Waals surface area contributed by atoms with E-state index in [0.717, 1.165) is 19.3 Å². The van der Waals surface area contributed by atoms with E-state index >= 15 is 0 Å². The number of hydrogen-bond donors (Lipinski definition) is 1. The van der Waals surface area contributed by atoms with Gasteiger partial charge in [0.25, 0.3) is 5.91 Å². The number of aliphatic hydroxyl groups excluding tert-OH is 1. The minimum atomic E-state index is -0.494. The average molecular weight is 226 g/mol. The molecule has 1 saturated carbocycles. The number of rotatable bonds is 1. The van der Waals surface area contributed by atoms with Crippen molar-refractivity contribution in [3.63, 3.8) is 0 Å². The minimum absolute atomic E-state index is 0.182. The second-order valence-electron chi connectivity index (χ2n) is 3.85. The smallest absolute Gasteiger partial charge is 0.254 e. The number of amides is 1. The molecular weight excluding hydrogens is 212 g/mol. The van der Waals surface area contributed by atoms with E-state index in [9.17, 15) is 9.90 Å². The van der Waals surface area contributed by atoms with E-state index in [1.165, 1.54) is 11.3 Å². The topological polar surface area (TPSA) is 54.6 Å². The van der Waals surface area contributed by atoms with Gasteiger partial charge in [-0.25, -0.2) is 0 Å². The van der Waals surface area contributed by atoms with Crippen LogP contribution < -0.4 is 4.80 Å². The van der Waals surface area contributed by atoms with Crippen LogP contribution in [0.25, 0.3) is 0 Å². The molecule has 5 heteroatoms. The predicted molar refractivity (Wildman–Crippen MR) is 57.2 cm³/mol. The fourth-order valence-corrected chi connectivity index (χ4v) is 2.58. The number of thiazole rings is 1. The Morgan fingerprint density at radius 2 is 2.47 bits per heavy atom. The minimum Gasteiger partial charge on any atom is -0.392 e. The Balaban J connectivity index is 2.20. The summed E-state index contributed by atoms with van der Waals surface area (Å²) in [5.41, 5.74) is 0. The number of nitrogens with zero attached hydrogens (tertiary/aromatic N) is 2. The van der Waals surface area contributed by atoms with Crippen LogP contribution in [0, 0.1) is 5.92 Å². The molecule has 2 atom stereocenters. The second-order valence-corrected chi connectivity index (χ2v) is 4.72. The molecule has 1 aliphatic carbocycles. The zero-order chi connectivity index (χ0) is 10.8. The van der Waals surface area contributed by atoms with Crippen LogP contribution in [0.4, 0.5) is 0 Å². The van der Waals surface area contributed by atoms with Crippen molar-refractivity contribution < 1.29 is 9.90 Å². The summed E-state index contributed by atoms with van der Waals surface area (Å²) >= 11 is 1.43. The van der Waals surface area contributed by atoms with Crippen LogP contribution in [0.1, 0.15) is 19.3 Å². The molecule has 0 radical (unpaired) electrons. The van der Waals surface area contributed by atoms with Crippen molar-refractivity contribution in [2.75, 3.05) is 0 Å². The summed E-state index contributed by atoms with van der Waals surface area (Å²) in [5, 5.41) is 11.5. The Morgan fingerprint density at radius 1 is 1.67 bits per heavy atom. The lowest BCUT2D eigenvalue weighted by Gasteiger charge is -2.08. The first kappa shape index (κ1) is 10.6. The molecule has 15 heavy (non-hydrogen) atoms. The summed E-state index contributed by atoms with van der Waals surface area (Å²) in [6.45, 7) is 0. The zero-order valence-corrected chi connectivity index (χ0v) is 9.41. The van der Waals surface area contributed by atoms with Crippen LogP contribution >= 0.6 is 11.3 Å². The van der Waals surface area contributed by atoms with Gasteiger partial charge in [0.2, 0.25) is 0 Å². The van der Waals surface area contributed by atoms with Crippen LogP contribution in [-0.2, 0) is 11.8 Å². The van der Waals surface area contributed by atoms with E-state index in [4.69, 9.17) is 0 Å². The lowest BCUT2D eigenvalue weighted by molar-refractivity contribution is -0.124.